The number of likely N-dealkylation sites (tertiary alicyclic amines) is 1. The Bertz CT molecular complexity index is 838. The number of nitrogens with zero attached hydrogens (tertiary/aromatic N) is 4. The zero-order valence-electron chi connectivity index (χ0n) is 15.0. The SMILES string of the molecule is Cc1nnc2[nH]nc(NC(=O)[C@H]3CCN3C(=O)OC(C)(C)C)c2c1C. The van der Waals surface area contributed by atoms with Crippen molar-refractivity contribution in [1.29, 1.82) is 0 Å². The maximum atomic E-state index is 12.6. The van der Waals surface area contributed by atoms with Gasteiger partial charge in [0, 0.05) is 6.54 Å². The van der Waals surface area contributed by atoms with Gasteiger partial charge in [-0.05, 0) is 46.6 Å². The van der Waals surface area contributed by atoms with E-state index in [1.165, 1.54) is 4.90 Å². The summed E-state index contributed by atoms with van der Waals surface area (Å²) in [4.78, 5) is 26.1. The molecule has 0 saturated carbocycles. The van der Waals surface area contributed by atoms with E-state index in [9.17, 15) is 9.59 Å². The number of fused-ring (bicyclic) bond motifs is 1. The van der Waals surface area contributed by atoms with Crippen LogP contribution in [0.25, 0.3) is 11.0 Å². The third-order valence-electron chi connectivity index (χ3n) is 4.16. The highest BCUT2D eigenvalue weighted by Crippen LogP contribution is 2.26. The van der Waals surface area contributed by atoms with E-state index in [0.29, 0.717) is 24.4 Å². The maximum Gasteiger partial charge on any atom is 0.410 e. The Kier molecular flexibility index (Phi) is 4.09. The van der Waals surface area contributed by atoms with Gasteiger partial charge in [0.2, 0.25) is 5.91 Å². The van der Waals surface area contributed by atoms with Gasteiger partial charge in [-0.2, -0.15) is 10.2 Å². The Balaban J connectivity index is 1.75. The lowest BCUT2D eigenvalue weighted by molar-refractivity contribution is -0.125. The van der Waals surface area contributed by atoms with E-state index in [-0.39, 0.29) is 5.91 Å². The van der Waals surface area contributed by atoms with E-state index in [0.717, 1.165) is 16.6 Å². The van der Waals surface area contributed by atoms with Crippen LogP contribution in [0, 0.1) is 13.8 Å². The third kappa shape index (κ3) is 3.26. The number of aromatic nitrogens is 4. The molecule has 2 amide bonds. The van der Waals surface area contributed by atoms with Gasteiger partial charge < -0.3 is 10.1 Å². The largest absolute Gasteiger partial charge is 0.444 e. The fourth-order valence-corrected chi connectivity index (χ4v) is 2.63. The zero-order valence-corrected chi connectivity index (χ0v) is 15.0. The average molecular weight is 346 g/mol. The molecule has 3 heterocycles. The summed E-state index contributed by atoms with van der Waals surface area (Å²) in [5.74, 6) is 0.103. The molecule has 2 N–H and O–H groups in total. The number of aromatic amines is 1. The Hall–Kier alpha value is -2.71. The van der Waals surface area contributed by atoms with Crippen LogP contribution in [0.2, 0.25) is 0 Å². The summed E-state index contributed by atoms with van der Waals surface area (Å²) < 4.78 is 5.33. The summed E-state index contributed by atoms with van der Waals surface area (Å²) in [6.07, 6.45) is 0.106. The molecule has 1 aliphatic rings. The fraction of sp³-hybridized carbons (Fsp3) is 0.562. The maximum absolute atomic E-state index is 12.6. The second-order valence-corrected chi connectivity index (χ2v) is 7.17. The predicted octanol–water partition coefficient (Wildman–Crippen LogP) is 1.92. The Morgan fingerprint density at radius 1 is 1.28 bits per heavy atom. The van der Waals surface area contributed by atoms with E-state index in [4.69, 9.17) is 4.74 Å². The molecule has 0 bridgehead atoms. The van der Waals surface area contributed by atoms with Crippen LogP contribution in [0.4, 0.5) is 10.6 Å². The lowest BCUT2D eigenvalue weighted by atomic mass is 10.0. The molecule has 0 radical (unpaired) electrons. The van der Waals surface area contributed by atoms with E-state index in [1.807, 2.05) is 13.8 Å². The van der Waals surface area contributed by atoms with Crippen molar-refractivity contribution in [2.45, 2.75) is 52.7 Å². The number of rotatable bonds is 2. The van der Waals surface area contributed by atoms with Crippen molar-refractivity contribution in [2.24, 2.45) is 0 Å². The van der Waals surface area contributed by atoms with Gasteiger partial charge in [-0.25, -0.2) is 4.79 Å². The van der Waals surface area contributed by atoms with Crippen LogP contribution >= 0.6 is 0 Å². The van der Waals surface area contributed by atoms with Gasteiger partial charge in [-0.3, -0.25) is 14.8 Å². The van der Waals surface area contributed by atoms with Crippen LogP contribution in [0.15, 0.2) is 0 Å². The lowest BCUT2D eigenvalue weighted by Gasteiger charge is -2.39. The molecule has 0 aromatic carbocycles. The number of aryl methyl sites for hydroxylation is 2. The van der Waals surface area contributed by atoms with Gasteiger partial charge in [0.15, 0.2) is 11.5 Å². The molecule has 1 fully saturated rings. The monoisotopic (exact) mass is 346 g/mol. The number of amides is 2. The summed E-state index contributed by atoms with van der Waals surface area (Å²) in [5, 5.41) is 18.4. The molecule has 134 valence electrons. The highest BCUT2D eigenvalue weighted by Gasteiger charge is 2.40. The first-order valence-electron chi connectivity index (χ1n) is 8.16. The molecule has 3 rings (SSSR count). The smallest absolute Gasteiger partial charge is 0.410 e. The molecule has 1 aliphatic heterocycles. The Morgan fingerprint density at radius 2 is 2.00 bits per heavy atom. The molecule has 0 spiro atoms. The second-order valence-electron chi connectivity index (χ2n) is 7.17. The number of carbonyl (C=O) groups excluding carboxylic acids is 2. The normalized spacial score (nSPS) is 17.3. The highest BCUT2D eigenvalue weighted by atomic mass is 16.6. The number of hydrogen-bond acceptors (Lipinski definition) is 6. The van der Waals surface area contributed by atoms with E-state index in [2.05, 4.69) is 25.7 Å². The van der Waals surface area contributed by atoms with Crippen molar-refractivity contribution < 1.29 is 14.3 Å². The highest BCUT2D eigenvalue weighted by molar-refractivity contribution is 6.03. The van der Waals surface area contributed by atoms with Crippen molar-refractivity contribution in [3.8, 4) is 0 Å². The molecular formula is C16H22N6O3. The fourth-order valence-electron chi connectivity index (χ4n) is 2.63. The van der Waals surface area contributed by atoms with Crippen molar-refractivity contribution >= 4 is 28.9 Å². The number of nitrogens with one attached hydrogen (secondary N) is 2. The molecule has 25 heavy (non-hydrogen) atoms. The first kappa shape index (κ1) is 17.1. The number of ether oxygens (including phenoxy) is 1. The van der Waals surface area contributed by atoms with Crippen LogP contribution in [0.1, 0.15) is 38.4 Å². The number of carbonyl (C=O) groups is 2. The van der Waals surface area contributed by atoms with E-state index in [1.54, 1.807) is 20.8 Å². The van der Waals surface area contributed by atoms with Crippen molar-refractivity contribution in [2.75, 3.05) is 11.9 Å². The van der Waals surface area contributed by atoms with Crippen molar-refractivity contribution in [3.63, 3.8) is 0 Å². The summed E-state index contributed by atoms with van der Waals surface area (Å²) in [6.45, 7) is 9.62. The van der Waals surface area contributed by atoms with Crippen molar-refractivity contribution in [1.82, 2.24) is 25.3 Å². The second kappa shape index (κ2) is 5.98. The molecule has 0 unspecified atom stereocenters. The molecule has 1 atom stereocenters. The minimum Gasteiger partial charge on any atom is -0.444 e. The van der Waals surface area contributed by atoms with Crippen molar-refractivity contribution in [3.05, 3.63) is 11.3 Å². The number of H-pyrrole nitrogens is 1. The lowest BCUT2D eigenvalue weighted by Crippen LogP contribution is -2.57. The Labute approximate surface area is 145 Å². The quantitative estimate of drug-likeness (QED) is 0.859. The summed E-state index contributed by atoms with van der Waals surface area (Å²) in [7, 11) is 0. The molecule has 9 heteroatoms. The minimum absolute atomic E-state index is 0.292. The standard InChI is InChI=1S/C16H22N6O3/c1-8-9(2)18-20-13-11(8)12(19-21-13)17-14(23)10-6-7-22(10)15(24)25-16(3,4)5/h10H,6-7H2,1-5H3,(H2,17,19,20,21,23)/t10-/m1/s1. The topological polar surface area (TPSA) is 113 Å². The first-order chi connectivity index (χ1) is 11.7. The molecule has 0 aliphatic carbocycles. The molecule has 2 aromatic heterocycles. The third-order valence-corrected chi connectivity index (χ3v) is 4.16. The van der Waals surface area contributed by atoms with Gasteiger partial charge in [-0.1, -0.05) is 0 Å². The number of anilines is 1. The van der Waals surface area contributed by atoms with Gasteiger partial charge in [-0.15, -0.1) is 5.10 Å². The molecule has 9 nitrogen and oxygen atoms in total. The Morgan fingerprint density at radius 3 is 2.60 bits per heavy atom. The van der Waals surface area contributed by atoms with Crippen LogP contribution in [-0.2, 0) is 9.53 Å². The summed E-state index contributed by atoms with van der Waals surface area (Å²) >= 11 is 0. The van der Waals surface area contributed by atoms with Gasteiger partial charge in [0.1, 0.15) is 11.6 Å². The molecule has 2 aromatic rings. The minimum atomic E-state index is -0.598. The summed E-state index contributed by atoms with van der Waals surface area (Å²) in [6, 6.07) is -0.558. The predicted molar refractivity (Wildman–Crippen MR) is 91.1 cm³/mol. The van der Waals surface area contributed by atoms with Crippen LogP contribution in [0.5, 0.6) is 0 Å². The average Bonchev–Trinajstić information content (AvgIpc) is 2.83. The molecular weight excluding hydrogens is 324 g/mol. The van der Waals surface area contributed by atoms with Gasteiger partial charge >= 0.3 is 6.09 Å². The van der Waals surface area contributed by atoms with Crippen LogP contribution in [0.3, 0.4) is 0 Å². The van der Waals surface area contributed by atoms with Gasteiger partial charge in [0.05, 0.1) is 11.1 Å². The van der Waals surface area contributed by atoms with E-state index < -0.39 is 17.7 Å². The van der Waals surface area contributed by atoms with E-state index >= 15 is 0 Å². The zero-order chi connectivity index (χ0) is 18.4. The summed E-state index contributed by atoms with van der Waals surface area (Å²) in [5.41, 5.74) is 1.57. The number of hydrogen-bond donors (Lipinski definition) is 2. The first-order valence-corrected chi connectivity index (χ1v) is 8.16. The van der Waals surface area contributed by atoms with Gasteiger partial charge in [0.25, 0.3) is 0 Å². The van der Waals surface area contributed by atoms with Crippen LogP contribution < -0.4 is 5.32 Å². The molecule has 1 saturated heterocycles. The van der Waals surface area contributed by atoms with Crippen LogP contribution in [-0.4, -0.2) is 55.5 Å².